The van der Waals surface area contributed by atoms with Gasteiger partial charge in [0.15, 0.2) is 0 Å². The molecule has 5 heteroatoms. The van der Waals surface area contributed by atoms with Crippen molar-refractivity contribution in [2.24, 2.45) is 11.8 Å². The highest BCUT2D eigenvalue weighted by Gasteiger charge is 2.37. The SMILES string of the molecule is Cc1ccc(NC(=O)C2CCCC2C(=O)O)cc1F. The van der Waals surface area contributed by atoms with Crippen LogP contribution in [0.2, 0.25) is 0 Å². The summed E-state index contributed by atoms with van der Waals surface area (Å²) in [5.41, 5.74) is 0.867. The van der Waals surface area contributed by atoms with E-state index in [9.17, 15) is 14.0 Å². The molecule has 1 aliphatic carbocycles. The first-order valence-corrected chi connectivity index (χ1v) is 6.29. The van der Waals surface area contributed by atoms with Gasteiger partial charge in [-0.3, -0.25) is 9.59 Å². The highest BCUT2D eigenvalue weighted by Crippen LogP contribution is 2.32. The number of hydrogen-bond donors (Lipinski definition) is 2. The van der Waals surface area contributed by atoms with Crippen LogP contribution in [0.1, 0.15) is 24.8 Å². The van der Waals surface area contributed by atoms with E-state index in [4.69, 9.17) is 5.11 Å². The summed E-state index contributed by atoms with van der Waals surface area (Å²) < 4.78 is 13.4. The van der Waals surface area contributed by atoms with Crippen molar-refractivity contribution in [2.45, 2.75) is 26.2 Å². The van der Waals surface area contributed by atoms with Crippen molar-refractivity contribution in [1.82, 2.24) is 0 Å². The first kappa shape index (κ1) is 13.5. The lowest BCUT2D eigenvalue weighted by Crippen LogP contribution is -2.30. The highest BCUT2D eigenvalue weighted by atomic mass is 19.1. The number of carbonyl (C=O) groups is 2. The Bertz CT molecular complexity index is 515. The standard InChI is InChI=1S/C14H16FNO3/c1-8-5-6-9(7-12(8)15)16-13(17)10-3-2-4-11(10)14(18)19/h5-7,10-11H,2-4H2,1H3,(H,16,17)(H,18,19). The van der Waals surface area contributed by atoms with E-state index in [1.165, 1.54) is 6.07 Å². The van der Waals surface area contributed by atoms with Crippen LogP contribution in [0.3, 0.4) is 0 Å². The monoisotopic (exact) mass is 265 g/mol. The third-order valence-corrected chi connectivity index (χ3v) is 3.61. The predicted molar refractivity (Wildman–Crippen MR) is 68.2 cm³/mol. The van der Waals surface area contributed by atoms with Crippen LogP contribution in [0.5, 0.6) is 0 Å². The van der Waals surface area contributed by atoms with Crippen molar-refractivity contribution in [1.29, 1.82) is 0 Å². The highest BCUT2D eigenvalue weighted by molar-refractivity contribution is 5.95. The number of nitrogens with one attached hydrogen (secondary N) is 1. The number of benzene rings is 1. The van der Waals surface area contributed by atoms with Crippen molar-refractivity contribution in [2.75, 3.05) is 5.32 Å². The quantitative estimate of drug-likeness (QED) is 0.882. The molecule has 2 N–H and O–H groups in total. The molecular formula is C14H16FNO3. The Kier molecular flexibility index (Phi) is 3.83. The van der Waals surface area contributed by atoms with E-state index in [1.54, 1.807) is 19.1 Å². The number of aryl methyl sites for hydroxylation is 1. The van der Waals surface area contributed by atoms with Gasteiger partial charge in [-0.25, -0.2) is 4.39 Å². The summed E-state index contributed by atoms with van der Waals surface area (Å²) in [5, 5.41) is 11.6. The van der Waals surface area contributed by atoms with E-state index in [1.807, 2.05) is 0 Å². The number of anilines is 1. The normalized spacial score (nSPS) is 22.2. The molecule has 0 bridgehead atoms. The summed E-state index contributed by atoms with van der Waals surface area (Å²) in [7, 11) is 0. The van der Waals surface area contributed by atoms with Gasteiger partial charge in [-0.15, -0.1) is 0 Å². The molecule has 1 saturated carbocycles. The van der Waals surface area contributed by atoms with E-state index in [0.29, 0.717) is 24.1 Å². The Labute approximate surface area is 110 Å². The molecule has 0 saturated heterocycles. The lowest BCUT2D eigenvalue weighted by molar-refractivity contribution is -0.145. The number of aliphatic carboxylic acids is 1. The Morgan fingerprint density at radius 2 is 2.00 bits per heavy atom. The van der Waals surface area contributed by atoms with Crippen LogP contribution < -0.4 is 5.32 Å². The number of rotatable bonds is 3. The average Bonchev–Trinajstić information content (AvgIpc) is 2.83. The van der Waals surface area contributed by atoms with Gasteiger partial charge in [0.1, 0.15) is 5.82 Å². The van der Waals surface area contributed by atoms with Crippen molar-refractivity contribution in [3.63, 3.8) is 0 Å². The smallest absolute Gasteiger partial charge is 0.307 e. The zero-order valence-corrected chi connectivity index (χ0v) is 10.6. The van der Waals surface area contributed by atoms with Crippen molar-refractivity contribution < 1.29 is 19.1 Å². The van der Waals surface area contributed by atoms with Crippen molar-refractivity contribution >= 4 is 17.6 Å². The fourth-order valence-corrected chi connectivity index (χ4v) is 2.48. The molecule has 4 nitrogen and oxygen atoms in total. The second-order valence-corrected chi connectivity index (χ2v) is 4.94. The van der Waals surface area contributed by atoms with Crippen molar-refractivity contribution in [3.05, 3.63) is 29.6 Å². The van der Waals surface area contributed by atoms with Crippen LogP contribution in [-0.2, 0) is 9.59 Å². The van der Waals surface area contributed by atoms with Gasteiger partial charge in [0.05, 0.1) is 11.8 Å². The fourth-order valence-electron chi connectivity index (χ4n) is 2.48. The van der Waals surface area contributed by atoms with E-state index in [-0.39, 0.29) is 11.7 Å². The molecule has 1 fully saturated rings. The molecule has 2 rings (SSSR count). The molecule has 102 valence electrons. The lowest BCUT2D eigenvalue weighted by Gasteiger charge is -2.15. The number of amides is 1. The molecular weight excluding hydrogens is 249 g/mol. The second-order valence-electron chi connectivity index (χ2n) is 4.94. The largest absolute Gasteiger partial charge is 0.481 e. The maximum atomic E-state index is 13.4. The number of carboxylic acid groups (broad SMARTS) is 1. The Hall–Kier alpha value is -1.91. The number of halogens is 1. The third kappa shape index (κ3) is 2.92. The minimum atomic E-state index is -0.937. The van der Waals surface area contributed by atoms with Crippen LogP contribution >= 0.6 is 0 Å². The molecule has 1 aromatic carbocycles. The number of carbonyl (C=O) groups excluding carboxylic acids is 1. The van der Waals surface area contributed by atoms with Gasteiger partial charge in [-0.05, 0) is 37.5 Å². The van der Waals surface area contributed by atoms with Gasteiger partial charge in [-0.1, -0.05) is 12.5 Å². The first-order valence-electron chi connectivity index (χ1n) is 6.29. The number of carboxylic acids is 1. The van der Waals surface area contributed by atoms with Gasteiger partial charge in [0, 0.05) is 5.69 Å². The van der Waals surface area contributed by atoms with Gasteiger partial charge in [0.2, 0.25) is 5.91 Å². The second kappa shape index (κ2) is 5.38. The minimum Gasteiger partial charge on any atom is -0.481 e. The molecule has 1 aromatic rings. The van der Waals surface area contributed by atoms with Crippen LogP contribution in [0.15, 0.2) is 18.2 Å². The van der Waals surface area contributed by atoms with Crippen LogP contribution in [0, 0.1) is 24.6 Å². The molecule has 2 unspecified atom stereocenters. The Morgan fingerprint density at radius 1 is 1.32 bits per heavy atom. The van der Waals surface area contributed by atoms with Gasteiger partial charge in [-0.2, -0.15) is 0 Å². The maximum Gasteiger partial charge on any atom is 0.307 e. The molecule has 1 aliphatic rings. The zero-order chi connectivity index (χ0) is 14.0. The molecule has 2 atom stereocenters. The predicted octanol–water partition coefficient (Wildman–Crippen LogP) is 2.57. The fraction of sp³-hybridized carbons (Fsp3) is 0.429. The molecule has 0 aromatic heterocycles. The van der Waals surface area contributed by atoms with E-state index >= 15 is 0 Å². The molecule has 0 heterocycles. The maximum absolute atomic E-state index is 13.4. The summed E-state index contributed by atoms with van der Waals surface area (Å²) in [4.78, 5) is 23.1. The lowest BCUT2D eigenvalue weighted by atomic mass is 9.95. The van der Waals surface area contributed by atoms with Gasteiger partial charge in [0.25, 0.3) is 0 Å². The summed E-state index contributed by atoms with van der Waals surface area (Å²) in [6.45, 7) is 1.64. The molecule has 19 heavy (non-hydrogen) atoms. The molecule has 0 spiro atoms. The summed E-state index contributed by atoms with van der Waals surface area (Å²) in [5.74, 6) is -2.82. The topological polar surface area (TPSA) is 66.4 Å². The third-order valence-electron chi connectivity index (χ3n) is 3.61. The van der Waals surface area contributed by atoms with E-state index < -0.39 is 17.8 Å². The van der Waals surface area contributed by atoms with Gasteiger partial charge >= 0.3 is 5.97 Å². The number of hydrogen-bond acceptors (Lipinski definition) is 2. The molecule has 0 aliphatic heterocycles. The molecule has 1 amide bonds. The van der Waals surface area contributed by atoms with Crippen LogP contribution in [0.25, 0.3) is 0 Å². The average molecular weight is 265 g/mol. The summed E-state index contributed by atoms with van der Waals surface area (Å²) >= 11 is 0. The van der Waals surface area contributed by atoms with E-state index in [2.05, 4.69) is 5.32 Å². The minimum absolute atomic E-state index is 0.340. The van der Waals surface area contributed by atoms with Gasteiger partial charge < -0.3 is 10.4 Å². The summed E-state index contributed by atoms with van der Waals surface area (Å²) in [6, 6.07) is 4.44. The Balaban J connectivity index is 2.08. The first-order chi connectivity index (χ1) is 8.99. The van der Waals surface area contributed by atoms with E-state index in [0.717, 1.165) is 6.42 Å². The Morgan fingerprint density at radius 3 is 2.63 bits per heavy atom. The zero-order valence-electron chi connectivity index (χ0n) is 10.6. The molecule has 0 radical (unpaired) electrons. The van der Waals surface area contributed by atoms with Crippen molar-refractivity contribution in [3.8, 4) is 0 Å². The summed E-state index contributed by atoms with van der Waals surface area (Å²) in [6.07, 6.45) is 1.82. The van der Waals surface area contributed by atoms with Crippen LogP contribution in [-0.4, -0.2) is 17.0 Å². The van der Waals surface area contributed by atoms with Crippen LogP contribution in [0.4, 0.5) is 10.1 Å².